The lowest BCUT2D eigenvalue weighted by atomic mass is 9.66. The number of nitrogens with one attached hydrogen (secondary N) is 1. The summed E-state index contributed by atoms with van der Waals surface area (Å²) in [5.74, 6) is -0.654. The Labute approximate surface area is 118 Å². The predicted molar refractivity (Wildman–Crippen MR) is 71.8 cm³/mol. The van der Waals surface area contributed by atoms with Crippen molar-refractivity contribution < 1.29 is 14.4 Å². The van der Waals surface area contributed by atoms with E-state index in [2.05, 4.69) is 17.1 Å². The molecular formula is C14H21N3O3. The SMILES string of the molecule is CCN1CCCC(N2C(=O)NC(=O)C3(CCC3)C2=O)C1. The van der Waals surface area contributed by atoms with Gasteiger partial charge >= 0.3 is 6.03 Å². The van der Waals surface area contributed by atoms with Crippen LogP contribution in [0.25, 0.3) is 0 Å². The Bertz CT molecular complexity index is 459. The Kier molecular flexibility index (Phi) is 3.28. The van der Waals surface area contributed by atoms with Gasteiger partial charge in [-0.3, -0.25) is 19.8 Å². The highest BCUT2D eigenvalue weighted by atomic mass is 16.2. The summed E-state index contributed by atoms with van der Waals surface area (Å²) in [6, 6.07) is -0.623. The maximum absolute atomic E-state index is 12.7. The van der Waals surface area contributed by atoms with Gasteiger partial charge in [-0.1, -0.05) is 13.3 Å². The van der Waals surface area contributed by atoms with Crippen molar-refractivity contribution in [1.29, 1.82) is 0 Å². The standard InChI is InChI=1S/C14H21N3O3/c1-2-16-8-3-5-10(9-16)17-12(19)14(6-4-7-14)11(18)15-13(17)20/h10H,2-9H2,1H3,(H,15,18,20). The molecule has 0 aromatic heterocycles. The Hall–Kier alpha value is -1.43. The number of hydrogen-bond donors (Lipinski definition) is 1. The van der Waals surface area contributed by atoms with E-state index in [9.17, 15) is 14.4 Å². The monoisotopic (exact) mass is 279 g/mol. The molecule has 1 saturated carbocycles. The largest absolute Gasteiger partial charge is 0.331 e. The number of hydrogen-bond acceptors (Lipinski definition) is 4. The Balaban J connectivity index is 1.82. The number of nitrogens with zero attached hydrogens (tertiary/aromatic N) is 2. The summed E-state index contributed by atoms with van der Waals surface area (Å²) < 4.78 is 0. The molecule has 2 heterocycles. The second kappa shape index (κ2) is 4.84. The molecule has 2 aliphatic heterocycles. The molecule has 0 aromatic carbocycles. The lowest BCUT2D eigenvalue weighted by Crippen LogP contribution is -2.69. The Morgan fingerprint density at radius 2 is 2.00 bits per heavy atom. The van der Waals surface area contributed by atoms with Crippen molar-refractivity contribution in [2.45, 2.75) is 45.1 Å². The van der Waals surface area contributed by atoms with Crippen LogP contribution in [-0.4, -0.2) is 53.3 Å². The van der Waals surface area contributed by atoms with Crippen molar-refractivity contribution in [1.82, 2.24) is 15.1 Å². The van der Waals surface area contributed by atoms with Gasteiger partial charge in [-0.25, -0.2) is 4.79 Å². The fourth-order valence-corrected chi connectivity index (χ4v) is 3.53. The van der Waals surface area contributed by atoms with E-state index in [1.807, 2.05) is 0 Å². The van der Waals surface area contributed by atoms with Crippen LogP contribution in [0, 0.1) is 5.41 Å². The van der Waals surface area contributed by atoms with Crippen molar-refractivity contribution in [3.05, 3.63) is 0 Å². The van der Waals surface area contributed by atoms with Crippen LogP contribution in [0.3, 0.4) is 0 Å². The van der Waals surface area contributed by atoms with E-state index < -0.39 is 17.4 Å². The number of urea groups is 1. The molecule has 1 atom stereocenters. The van der Waals surface area contributed by atoms with Gasteiger partial charge in [0.1, 0.15) is 5.41 Å². The molecule has 6 heteroatoms. The molecule has 3 aliphatic rings. The average molecular weight is 279 g/mol. The molecule has 2 saturated heterocycles. The fourth-order valence-electron chi connectivity index (χ4n) is 3.53. The maximum Gasteiger partial charge on any atom is 0.331 e. The molecule has 20 heavy (non-hydrogen) atoms. The van der Waals surface area contributed by atoms with E-state index in [1.54, 1.807) is 0 Å². The van der Waals surface area contributed by atoms with Gasteiger partial charge in [-0.05, 0) is 38.8 Å². The molecule has 1 spiro atoms. The first kappa shape index (κ1) is 13.5. The average Bonchev–Trinajstić information content (AvgIpc) is 2.37. The summed E-state index contributed by atoms with van der Waals surface area (Å²) >= 11 is 0. The highest BCUT2D eigenvalue weighted by Gasteiger charge is 2.58. The van der Waals surface area contributed by atoms with Crippen LogP contribution in [-0.2, 0) is 9.59 Å². The van der Waals surface area contributed by atoms with Gasteiger partial charge in [0.15, 0.2) is 0 Å². The predicted octanol–water partition coefficient (Wildman–Crippen LogP) is 0.719. The van der Waals surface area contributed by atoms with Crippen molar-refractivity contribution in [3.8, 4) is 0 Å². The second-order valence-corrected chi connectivity index (χ2v) is 6.06. The second-order valence-electron chi connectivity index (χ2n) is 6.06. The summed E-state index contributed by atoms with van der Waals surface area (Å²) in [4.78, 5) is 40.3. The number of barbiturate groups is 1. The van der Waals surface area contributed by atoms with Crippen LogP contribution in [0.2, 0.25) is 0 Å². The minimum Gasteiger partial charge on any atom is -0.302 e. The highest BCUT2D eigenvalue weighted by molar-refractivity contribution is 6.19. The van der Waals surface area contributed by atoms with Gasteiger partial charge in [0.2, 0.25) is 11.8 Å². The van der Waals surface area contributed by atoms with Crippen molar-refractivity contribution in [2.75, 3.05) is 19.6 Å². The molecule has 110 valence electrons. The fraction of sp³-hybridized carbons (Fsp3) is 0.786. The minimum atomic E-state index is -0.942. The summed E-state index contributed by atoms with van der Waals surface area (Å²) in [5, 5.41) is 2.39. The first-order valence-corrected chi connectivity index (χ1v) is 7.50. The number of rotatable bonds is 2. The molecule has 1 N–H and O–H groups in total. The summed E-state index contributed by atoms with van der Waals surface area (Å²) in [6.45, 7) is 4.74. The lowest BCUT2D eigenvalue weighted by molar-refractivity contribution is -0.159. The number of amides is 4. The van der Waals surface area contributed by atoms with Gasteiger partial charge in [0.05, 0.1) is 6.04 Å². The van der Waals surface area contributed by atoms with Crippen LogP contribution in [0.1, 0.15) is 39.0 Å². The molecule has 3 rings (SSSR count). The zero-order valence-electron chi connectivity index (χ0n) is 11.9. The zero-order valence-corrected chi connectivity index (χ0v) is 11.9. The molecule has 1 aliphatic carbocycles. The van der Waals surface area contributed by atoms with Gasteiger partial charge in [-0.2, -0.15) is 0 Å². The van der Waals surface area contributed by atoms with Crippen LogP contribution in [0.4, 0.5) is 4.79 Å². The number of carbonyl (C=O) groups is 3. The number of likely N-dealkylation sites (tertiary alicyclic amines) is 1. The summed E-state index contributed by atoms with van der Waals surface area (Å²) in [5.41, 5.74) is -0.942. The zero-order chi connectivity index (χ0) is 14.3. The normalized spacial score (nSPS) is 30.4. The van der Waals surface area contributed by atoms with Crippen molar-refractivity contribution in [2.24, 2.45) is 5.41 Å². The molecule has 6 nitrogen and oxygen atoms in total. The van der Waals surface area contributed by atoms with Gasteiger partial charge in [-0.15, -0.1) is 0 Å². The van der Waals surface area contributed by atoms with E-state index in [1.165, 1.54) is 4.90 Å². The molecule has 3 fully saturated rings. The van der Waals surface area contributed by atoms with Crippen molar-refractivity contribution >= 4 is 17.8 Å². The molecule has 0 radical (unpaired) electrons. The van der Waals surface area contributed by atoms with Crippen LogP contribution >= 0.6 is 0 Å². The first-order valence-electron chi connectivity index (χ1n) is 7.50. The molecule has 1 unspecified atom stereocenters. The Morgan fingerprint density at radius 1 is 1.25 bits per heavy atom. The number of likely N-dealkylation sites (N-methyl/N-ethyl adjacent to an activating group) is 1. The third kappa shape index (κ3) is 1.85. The van der Waals surface area contributed by atoms with E-state index in [0.29, 0.717) is 12.8 Å². The van der Waals surface area contributed by atoms with Crippen LogP contribution < -0.4 is 5.32 Å². The molecule has 4 amide bonds. The quantitative estimate of drug-likeness (QED) is 0.756. The first-order chi connectivity index (χ1) is 9.58. The molecule has 0 aromatic rings. The number of carbonyl (C=O) groups excluding carboxylic acids is 3. The maximum atomic E-state index is 12.7. The smallest absolute Gasteiger partial charge is 0.302 e. The minimum absolute atomic E-state index is 0.0956. The molecular weight excluding hydrogens is 258 g/mol. The van der Waals surface area contributed by atoms with E-state index in [0.717, 1.165) is 38.9 Å². The highest BCUT2D eigenvalue weighted by Crippen LogP contribution is 2.45. The third-order valence-electron chi connectivity index (χ3n) is 5.00. The van der Waals surface area contributed by atoms with Crippen LogP contribution in [0.15, 0.2) is 0 Å². The third-order valence-corrected chi connectivity index (χ3v) is 5.00. The lowest BCUT2D eigenvalue weighted by Gasteiger charge is -2.48. The summed E-state index contributed by atoms with van der Waals surface area (Å²) in [6.07, 6.45) is 3.85. The number of imide groups is 2. The van der Waals surface area contributed by atoms with Crippen LogP contribution in [0.5, 0.6) is 0 Å². The summed E-state index contributed by atoms with van der Waals surface area (Å²) in [7, 11) is 0. The topological polar surface area (TPSA) is 69.7 Å². The van der Waals surface area contributed by atoms with Gasteiger partial charge in [0.25, 0.3) is 0 Å². The van der Waals surface area contributed by atoms with Gasteiger partial charge in [0, 0.05) is 6.54 Å². The number of piperidine rings is 1. The van der Waals surface area contributed by atoms with E-state index in [-0.39, 0.29) is 11.9 Å². The van der Waals surface area contributed by atoms with E-state index in [4.69, 9.17) is 0 Å². The molecule has 0 bridgehead atoms. The van der Waals surface area contributed by atoms with Gasteiger partial charge < -0.3 is 4.90 Å². The van der Waals surface area contributed by atoms with E-state index >= 15 is 0 Å². The Morgan fingerprint density at radius 3 is 2.60 bits per heavy atom. The van der Waals surface area contributed by atoms with Crippen molar-refractivity contribution in [3.63, 3.8) is 0 Å².